The van der Waals surface area contributed by atoms with Crippen LogP contribution in [-0.4, -0.2) is 25.4 Å². The molecule has 1 rings (SSSR count). The maximum Gasteiger partial charge on any atom is 0.214 e. The Morgan fingerprint density at radius 2 is 2.00 bits per heavy atom. The number of benzene rings is 1. The van der Waals surface area contributed by atoms with E-state index in [4.69, 9.17) is 5.11 Å². The van der Waals surface area contributed by atoms with Gasteiger partial charge in [0.25, 0.3) is 0 Å². The van der Waals surface area contributed by atoms with Gasteiger partial charge < -0.3 is 5.11 Å². The fourth-order valence-corrected chi connectivity index (χ4v) is 2.05. The Kier molecular flexibility index (Phi) is 6.03. The second-order valence-corrected chi connectivity index (χ2v) is 6.67. The fraction of sp³-hybridized carbons (Fsp3) is 0.429. The minimum Gasteiger partial charge on any atom is -0.395 e. The minimum absolute atomic E-state index is 0.0230. The Balaban J connectivity index is 2.83. The summed E-state index contributed by atoms with van der Waals surface area (Å²) in [4.78, 5) is 0. The molecule has 0 aromatic heterocycles. The van der Waals surface area contributed by atoms with E-state index in [2.05, 4.69) is 16.6 Å². The van der Waals surface area contributed by atoms with Gasteiger partial charge in [-0.2, -0.15) is 0 Å². The van der Waals surface area contributed by atoms with E-state index in [1.54, 1.807) is 13.8 Å². The molecule has 0 radical (unpaired) electrons. The van der Waals surface area contributed by atoms with Crippen molar-refractivity contribution >= 4 is 10.0 Å². The van der Waals surface area contributed by atoms with Gasteiger partial charge in [-0.05, 0) is 25.5 Å². The highest BCUT2D eigenvalue weighted by Crippen LogP contribution is 2.08. The summed E-state index contributed by atoms with van der Waals surface area (Å²) >= 11 is 0. The van der Waals surface area contributed by atoms with Crippen LogP contribution in [0.15, 0.2) is 24.3 Å². The fourth-order valence-electron chi connectivity index (χ4n) is 1.36. The summed E-state index contributed by atoms with van der Waals surface area (Å²) in [7, 11) is -3.28. The standard InChI is InChI=1S/C14H19NO3S/c1-12(2)19(17,18)15-11-14-9-4-3-7-13(14)8-5-6-10-16/h3-4,7,9,12,15-16H,6,10-11H2,1-2H3. The highest BCUT2D eigenvalue weighted by Gasteiger charge is 2.15. The van der Waals surface area contributed by atoms with Crippen molar-refractivity contribution in [2.45, 2.75) is 32.1 Å². The Hall–Kier alpha value is -1.35. The Morgan fingerprint density at radius 1 is 1.32 bits per heavy atom. The monoisotopic (exact) mass is 281 g/mol. The molecule has 19 heavy (non-hydrogen) atoms. The van der Waals surface area contributed by atoms with Crippen LogP contribution in [0.25, 0.3) is 0 Å². The summed E-state index contributed by atoms with van der Waals surface area (Å²) in [6.45, 7) is 3.52. The number of rotatable bonds is 5. The molecule has 0 unspecified atom stereocenters. The molecule has 0 heterocycles. The molecule has 0 atom stereocenters. The lowest BCUT2D eigenvalue weighted by Gasteiger charge is -2.10. The quantitative estimate of drug-likeness (QED) is 0.798. The molecule has 1 aromatic carbocycles. The van der Waals surface area contributed by atoms with Gasteiger partial charge in [0, 0.05) is 18.5 Å². The predicted molar refractivity (Wildman–Crippen MR) is 75.9 cm³/mol. The van der Waals surface area contributed by atoms with Gasteiger partial charge in [-0.3, -0.25) is 0 Å². The van der Waals surface area contributed by atoms with E-state index >= 15 is 0 Å². The molecule has 5 heteroatoms. The summed E-state index contributed by atoms with van der Waals surface area (Å²) in [6, 6.07) is 7.37. The SMILES string of the molecule is CC(C)S(=O)(=O)NCc1ccccc1C#CCCO. The van der Waals surface area contributed by atoms with Gasteiger partial charge >= 0.3 is 0 Å². The highest BCUT2D eigenvalue weighted by atomic mass is 32.2. The van der Waals surface area contributed by atoms with Crippen LogP contribution < -0.4 is 4.72 Å². The number of aliphatic hydroxyl groups excluding tert-OH is 1. The molecule has 0 amide bonds. The molecule has 0 spiro atoms. The maximum absolute atomic E-state index is 11.7. The van der Waals surface area contributed by atoms with Gasteiger partial charge in [0.2, 0.25) is 10.0 Å². The molecular weight excluding hydrogens is 262 g/mol. The predicted octanol–water partition coefficient (Wildman–Crippen LogP) is 1.25. The molecular formula is C14H19NO3S. The number of hydrogen-bond acceptors (Lipinski definition) is 3. The van der Waals surface area contributed by atoms with Gasteiger partial charge in [0.1, 0.15) is 0 Å². The average Bonchev–Trinajstić information content (AvgIpc) is 2.38. The zero-order valence-electron chi connectivity index (χ0n) is 11.2. The van der Waals surface area contributed by atoms with E-state index in [0.717, 1.165) is 11.1 Å². The van der Waals surface area contributed by atoms with Crippen molar-refractivity contribution in [3.8, 4) is 11.8 Å². The summed E-state index contributed by atoms with van der Waals surface area (Å²) < 4.78 is 26.0. The summed E-state index contributed by atoms with van der Waals surface area (Å²) in [5, 5.41) is 8.23. The summed E-state index contributed by atoms with van der Waals surface area (Å²) in [5.41, 5.74) is 1.61. The van der Waals surface area contributed by atoms with E-state index in [1.807, 2.05) is 24.3 Å². The molecule has 0 aliphatic rings. The lowest BCUT2D eigenvalue weighted by molar-refractivity contribution is 0.305. The first-order valence-electron chi connectivity index (χ1n) is 6.13. The highest BCUT2D eigenvalue weighted by molar-refractivity contribution is 7.90. The van der Waals surface area contributed by atoms with Crippen molar-refractivity contribution in [1.82, 2.24) is 4.72 Å². The van der Waals surface area contributed by atoms with Crippen molar-refractivity contribution < 1.29 is 13.5 Å². The molecule has 0 aliphatic carbocycles. The van der Waals surface area contributed by atoms with Crippen LogP contribution in [0, 0.1) is 11.8 Å². The zero-order valence-corrected chi connectivity index (χ0v) is 12.0. The Morgan fingerprint density at radius 3 is 2.63 bits per heavy atom. The van der Waals surface area contributed by atoms with Crippen molar-refractivity contribution in [2.75, 3.05) is 6.61 Å². The summed E-state index contributed by atoms with van der Waals surface area (Å²) in [6.07, 6.45) is 0.409. The third-order valence-electron chi connectivity index (χ3n) is 2.56. The third-order valence-corrected chi connectivity index (χ3v) is 4.35. The molecule has 1 aromatic rings. The molecule has 0 fully saturated rings. The van der Waals surface area contributed by atoms with Crippen molar-refractivity contribution in [2.24, 2.45) is 0 Å². The van der Waals surface area contributed by atoms with E-state index in [-0.39, 0.29) is 13.2 Å². The maximum atomic E-state index is 11.7. The second kappa shape index (κ2) is 7.29. The molecule has 104 valence electrons. The van der Waals surface area contributed by atoms with E-state index in [1.165, 1.54) is 0 Å². The molecule has 2 N–H and O–H groups in total. The van der Waals surface area contributed by atoms with Crippen LogP contribution in [0.5, 0.6) is 0 Å². The molecule has 0 saturated carbocycles. The second-order valence-electron chi connectivity index (χ2n) is 4.35. The van der Waals surface area contributed by atoms with E-state index < -0.39 is 15.3 Å². The lowest BCUT2D eigenvalue weighted by atomic mass is 10.1. The number of hydrogen-bond donors (Lipinski definition) is 2. The van der Waals surface area contributed by atoms with Crippen LogP contribution in [0.1, 0.15) is 31.4 Å². The lowest BCUT2D eigenvalue weighted by Crippen LogP contribution is -2.30. The van der Waals surface area contributed by atoms with Crippen molar-refractivity contribution in [3.63, 3.8) is 0 Å². The first kappa shape index (κ1) is 15.7. The van der Waals surface area contributed by atoms with Gasteiger partial charge in [0.15, 0.2) is 0 Å². The van der Waals surface area contributed by atoms with Gasteiger partial charge in [-0.15, -0.1) is 0 Å². The first-order valence-corrected chi connectivity index (χ1v) is 7.68. The number of aliphatic hydroxyl groups is 1. The van der Waals surface area contributed by atoms with Gasteiger partial charge in [0.05, 0.1) is 11.9 Å². The Labute approximate surface area is 114 Å². The van der Waals surface area contributed by atoms with Gasteiger partial charge in [-0.1, -0.05) is 30.0 Å². The van der Waals surface area contributed by atoms with E-state index in [0.29, 0.717) is 6.42 Å². The third kappa shape index (κ3) is 5.03. The molecule has 4 nitrogen and oxygen atoms in total. The van der Waals surface area contributed by atoms with Crippen LogP contribution in [0.3, 0.4) is 0 Å². The molecule has 0 bridgehead atoms. The normalized spacial score (nSPS) is 11.2. The van der Waals surface area contributed by atoms with Crippen LogP contribution in [0.2, 0.25) is 0 Å². The smallest absolute Gasteiger partial charge is 0.214 e. The minimum atomic E-state index is -3.28. The van der Waals surface area contributed by atoms with Crippen LogP contribution >= 0.6 is 0 Å². The average molecular weight is 281 g/mol. The van der Waals surface area contributed by atoms with Crippen LogP contribution in [-0.2, 0) is 16.6 Å². The largest absolute Gasteiger partial charge is 0.395 e. The number of sulfonamides is 1. The number of nitrogens with one attached hydrogen (secondary N) is 1. The first-order chi connectivity index (χ1) is 8.97. The molecule has 0 saturated heterocycles. The van der Waals surface area contributed by atoms with E-state index in [9.17, 15) is 8.42 Å². The Bertz CT molecular complexity index is 568. The summed E-state index contributed by atoms with van der Waals surface area (Å²) in [5.74, 6) is 5.77. The van der Waals surface area contributed by atoms with Gasteiger partial charge in [-0.25, -0.2) is 13.1 Å². The zero-order chi connectivity index (χ0) is 14.3. The topological polar surface area (TPSA) is 66.4 Å². The molecule has 0 aliphatic heterocycles. The van der Waals surface area contributed by atoms with Crippen LogP contribution in [0.4, 0.5) is 0 Å². The van der Waals surface area contributed by atoms with Crippen molar-refractivity contribution in [3.05, 3.63) is 35.4 Å². The van der Waals surface area contributed by atoms with Crippen molar-refractivity contribution in [1.29, 1.82) is 0 Å².